The van der Waals surface area contributed by atoms with Crippen LogP contribution in [-0.4, -0.2) is 37.5 Å². The highest BCUT2D eigenvalue weighted by molar-refractivity contribution is 8.01. The van der Waals surface area contributed by atoms with Crippen molar-refractivity contribution in [2.75, 3.05) is 23.9 Å². The van der Waals surface area contributed by atoms with Gasteiger partial charge in [0.2, 0.25) is 0 Å². The summed E-state index contributed by atoms with van der Waals surface area (Å²) in [6.45, 7) is 1.31. The smallest absolute Gasteiger partial charge is 0.151 e. The number of rotatable bonds is 6. The summed E-state index contributed by atoms with van der Waals surface area (Å²) in [6.07, 6.45) is 0.797. The molecule has 2 rings (SSSR count). The first-order valence-corrected chi connectivity index (χ1v) is 8.96. The van der Waals surface area contributed by atoms with Crippen LogP contribution in [0.3, 0.4) is 0 Å². The minimum atomic E-state index is -2.74. The van der Waals surface area contributed by atoms with Crippen molar-refractivity contribution in [1.82, 2.24) is 0 Å². The number of thioether (sulfide) groups is 1. The zero-order valence-corrected chi connectivity index (χ0v) is 11.9. The average Bonchev–Trinajstić information content (AvgIpc) is 2.70. The highest BCUT2D eigenvalue weighted by Gasteiger charge is 2.27. The van der Waals surface area contributed by atoms with Crippen LogP contribution in [0.4, 0.5) is 0 Å². The summed E-state index contributed by atoms with van der Waals surface area (Å²) in [6, 6.07) is 10.1. The molecular weight excluding hydrogens is 268 g/mol. The molecule has 0 radical (unpaired) electrons. The zero-order chi connectivity index (χ0) is 12.8. The number of hydrogen-bond acceptors (Lipinski definition) is 4. The lowest BCUT2D eigenvalue weighted by Gasteiger charge is -2.08. The highest BCUT2D eigenvalue weighted by Crippen LogP contribution is 2.24. The Kier molecular flexibility index (Phi) is 5.09. The largest absolute Gasteiger partial charge is 0.376 e. The van der Waals surface area contributed by atoms with Crippen molar-refractivity contribution in [3.05, 3.63) is 35.9 Å². The highest BCUT2D eigenvalue weighted by atomic mass is 32.2. The quantitative estimate of drug-likeness (QED) is 0.751. The Hall–Kier alpha value is -0.520. The van der Waals surface area contributed by atoms with E-state index in [9.17, 15) is 8.42 Å². The second-order valence-corrected chi connectivity index (χ2v) is 8.07. The number of ether oxygens (including phenoxy) is 1. The average molecular weight is 286 g/mol. The van der Waals surface area contributed by atoms with Gasteiger partial charge in [0.15, 0.2) is 9.84 Å². The van der Waals surface area contributed by atoms with E-state index in [2.05, 4.69) is 0 Å². The Bertz CT molecular complexity index is 456. The molecule has 1 aromatic rings. The molecular formula is C13H18O3S2. The van der Waals surface area contributed by atoms with Gasteiger partial charge >= 0.3 is 0 Å². The van der Waals surface area contributed by atoms with E-state index in [1.165, 1.54) is 5.56 Å². The molecule has 1 aromatic carbocycles. The molecule has 0 saturated carbocycles. The van der Waals surface area contributed by atoms with Gasteiger partial charge in [-0.25, -0.2) is 8.42 Å². The van der Waals surface area contributed by atoms with Crippen LogP contribution in [0, 0.1) is 0 Å². The van der Waals surface area contributed by atoms with Gasteiger partial charge in [-0.15, -0.1) is 0 Å². The van der Waals surface area contributed by atoms with Crippen LogP contribution in [0.15, 0.2) is 30.3 Å². The molecule has 1 heterocycles. The summed E-state index contributed by atoms with van der Waals surface area (Å²) in [4.78, 5) is 0. The minimum absolute atomic E-state index is 0.273. The van der Waals surface area contributed by atoms with Crippen LogP contribution in [0.5, 0.6) is 0 Å². The van der Waals surface area contributed by atoms with Crippen molar-refractivity contribution in [2.45, 2.75) is 18.3 Å². The normalized spacial score (nSPS) is 22.1. The van der Waals surface area contributed by atoms with E-state index >= 15 is 0 Å². The fourth-order valence-corrected chi connectivity index (χ4v) is 5.46. The second-order valence-electron chi connectivity index (χ2n) is 4.43. The monoisotopic (exact) mass is 286 g/mol. The first-order chi connectivity index (χ1) is 8.66. The van der Waals surface area contributed by atoms with Gasteiger partial charge in [-0.3, -0.25) is 0 Å². The molecule has 3 nitrogen and oxygen atoms in total. The summed E-state index contributed by atoms with van der Waals surface area (Å²) in [7, 11) is -2.74. The molecule has 1 aliphatic rings. The third kappa shape index (κ3) is 4.63. The molecule has 0 amide bonds. The Balaban J connectivity index is 1.57. The maximum atomic E-state index is 11.3. The topological polar surface area (TPSA) is 43.4 Å². The lowest BCUT2D eigenvalue weighted by molar-refractivity contribution is 0.136. The fraction of sp³-hybridized carbons (Fsp3) is 0.538. The Labute approximate surface area is 113 Å². The molecule has 1 fully saturated rings. The van der Waals surface area contributed by atoms with Crippen molar-refractivity contribution in [2.24, 2.45) is 0 Å². The van der Waals surface area contributed by atoms with Crippen LogP contribution < -0.4 is 0 Å². The third-order valence-corrected chi connectivity index (χ3v) is 6.14. The van der Waals surface area contributed by atoms with Crippen LogP contribution >= 0.6 is 11.8 Å². The van der Waals surface area contributed by atoms with E-state index in [1.807, 2.05) is 30.3 Å². The standard InChI is InChI=1S/C13H18O3S2/c14-18(15)9-6-13(11-18)17-8-7-16-10-12-4-2-1-3-5-12/h1-5,13H,6-11H2. The second kappa shape index (κ2) is 6.59. The van der Waals surface area contributed by atoms with Crippen molar-refractivity contribution in [3.63, 3.8) is 0 Å². The van der Waals surface area contributed by atoms with Gasteiger partial charge in [-0.2, -0.15) is 11.8 Å². The SMILES string of the molecule is O=S1(=O)CCC(SCCOCc2ccccc2)C1. The van der Waals surface area contributed by atoms with Gasteiger partial charge in [0.25, 0.3) is 0 Å². The maximum Gasteiger partial charge on any atom is 0.151 e. The summed E-state index contributed by atoms with van der Waals surface area (Å²) in [5.74, 6) is 1.57. The van der Waals surface area contributed by atoms with E-state index in [1.54, 1.807) is 11.8 Å². The van der Waals surface area contributed by atoms with Crippen molar-refractivity contribution in [1.29, 1.82) is 0 Å². The molecule has 0 aliphatic carbocycles. The van der Waals surface area contributed by atoms with Crippen molar-refractivity contribution >= 4 is 21.6 Å². The first kappa shape index (κ1) is 13.9. The van der Waals surface area contributed by atoms with Gasteiger partial charge < -0.3 is 4.74 Å². The van der Waals surface area contributed by atoms with E-state index in [0.29, 0.717) is 24.7 Å². The van der Waals surface area contributed by atoms with Gasteiger partial charge in [-0.05, 0) is 12.0 Å². The summed E-state index contributed by atoms with van der Waals surface area (Å²) < 4.78 is 28.1. The third-order valence-electron chi connectivity index (χ3n) is 2.88. The lowest BCUT2D eigenvalue weighted by Crippen LogP contribution is -2.08. The molecule has 1 unspecified atom stereocenters. The molecule has 0 aromatic heterocycles. The summed E-state index contributed by atoms with van der Waals surface area (Å²) >= 11 is 1.72. The molecule has 0 bridgehead atoms. The summed E-state index contributed by atoms with van der Waals surface area (Å²) in [5, 5.41) is 0.273. The van der Waals surface area contributed by atoms with Gasteiger partial charge in [0.1, 0.15) is 0 Å². The molecule has 0 N–H and O–H groups in total. The first-order valence-electron chi connectivity index (χ1n) is 6.09. The molecule has 0 spiro atoms. The molecule has 100 valence electrons. The van der Waals surface area contributed by atoms with Gasteiger partial charge in [-0.1, -0.05) is 30.3 Å². The summed E-state index contributed by atoms with van der Waals surface area (Å²) in [5.41, 5.74) is 1.17. The number of benzene rings is 1. The number of hydrogen-bond donors (Lipinski definition) is 0. The fourth-order valence-electron chi connectivity index (χ4n) is 1.93. The van der Waals surface area contributed by atoms with Gasteiger partial charge in [0, 0.05) is 11.0 Å². The van der Waals surface area contributed by atoms with Crippen molar-refractivity contribution in [3.8, 4) is 0 Å². The van der Waals surface area contributed by atoms with Crippen LogP contribution in [0.2, 0.25) is 0 Å². The van der Waals surface area contributed by atoms with E-state index in [0.717, 1.165) is 12.2 Å². The minimum Gasteiger partial charge on any atom is -0.376 e. The Morgan fingerprint density at radius 1 is 1.28 bits per heavy atom. The molecule has 1 saturated heterocycles. The van der Waals surface area contributed by atoms with E-state index in [-0.39, 0.29) is 5.25 Å². The van der Waals surface area contributed by atoms with Crippen LogP contribution in [-0.2, 0) is 21.2 Å². The molecule has 5 heteroatoms. The maximum absolute atomic E-state index is 11.3. The van der Waals surface area contributed by atoms with E-state index < -0.39 is 9.84 Å². The molecule has 1 atom stereocenters. The Morgan fingerprint density at radius 2 is 2.06 bits per heavy atom. The zero-order valence-electron chi connectivity index (χ0n) is 10.2. The lowest BCUT2D eigenvalue weighted by atomic mass is 10.2. The van der Waals surface area contributed by atoms with Crippen LogP contribution in [0.1, 0.15) is 12.0 Å². The predicted octanol–water partition coefficient (Wildman–Crippen LogP) is 2.12. The number of sulfone groups is 1. The van der Waals surface area contributed by atoms with E-state index in [4.69, 9.17) is 4.74 Å². The molecule has 18 heavy (non-hydrogen) atoms. The van der Waals surface area contributed by atoms with Crippen molar-refractivity contribution < 1.29 is 13.2 Å². The predicted molar refractivity (Wildman–Crippen MR) is 75.6 cm³/mol. The van der Waals surface area contributed by atoms with Crippen LogP contribution in [0.25, 0.3) is 0 Å². The van der Waals surface area contributed by atoms with Gasteiger partial charge in [0.05, 0.1) is 24.7 Å². The molecule has 1 aliphatic heterocycles. The Morgan fingerprint density at radius 3 is 2.72 bits per heavy atom.